The Morgan fingerprint density at radius 3 is 1.77 bits per heavy atom. The molecule has 8 atom stereocenters. The monoisotopic (exact) mass is 774 g/mol. The summed E-state index contributed by atoms with van der Waals surface area (Å²) in [6.45, 7) is 8.53. The van der Waals surface area contributed by atoms with Crippen LogP contribution < -0.4 is 11.3 Å². The quantitative estimate of drug-likeness (QED) is 0.135. The van der Waals surface area contributed by atoms with E-state index in [1.54, 1.807) is 0 Å². The zero-order valence-electron chi connectivity index (χ0n) is 19.0. The number of unbranched alkanes of at least 4 members (excludes halogenated alkanes) is 1. The van der Waals surface area contributed by atoms with Crippen LogP contribution in [-0.4, -0.2) is 24.1 Å². The summed E-state index contributed by atoms with van der Waals surface area (Å²) in [5.41, 5.74) is 2.55. The van der Waals surface area contributed by atoms with Gasteiger partial charge in [-0.05, 0) is 36.5 Å². The van der Waals surface area contributed by atoms with E-state index in [0.717, 1.165) is 31.6 Å². The first kappa shape index (κ1) is 29.3. The van der Waals surface area contributed by atoms with Crippen LogP contribution in [0.15, 0.2) is 0 Å². The first-order chi connectivity index (χ1) is 13.9. The molecule has 0 amide bonds. The molecule has 2 aliphatic carbocycles. The predicted molar refractivity (Wildman–Crippen MR) is 111 cm³/mol. The smallest absolute Gasteiger partial charge is 0.306 e. The van der Waals surface area contributed by atoms with E-state index in [-0.39, 0.29) is 66.3 Å². The van der Waals surface area contributed by atoms with Crippen LogP contribution in [0.1, 0.15) is 72.1 Å². The van der Waals surface area contributed by atoms with Crippen molar-refractivity contribution >= 4 is 11.9 Å². The molecule has 2 saturated heterocycles. The Balaban J connectivity index is 0.000000292. The van der Waals surface area contributed by atoms with Crippen molar-refractivity contribution in [3.05, 3.63) is 13.0 Å². The molecule has 0 unspecified atom stereocenters. The minimum absolute atomic E-state index is 0. The van der Waals surface area contributed by atoms with Gasteiger partial charge in [0.25, 0.3) is 0 Å². The summed E-state index contributed by atoms with van der Waals surface area (Å²) < 4.78 is 10.6. The fraction of sp³-hybridized carbons (Fsp3) is 0.826. The second-order valence-electron chi connectivity index (χ2n) is 9.48. The Hall–Kier alpha value is 0.237. The van der Waals surface area contributed by atoms with Crippen molar-refractivity contribution in [2.24, 2.45) is 41.4 Å². The molecule has 3 N–H and O–H groups in total. The van der Waals surface area contributed by atoms with E-state index in [4.69, 9.17) is 15.3 Å². The van der Waals surface area contributed by atoms with E-state index in [2.05, 4.69) is 32.6 Å². The molecule has 2 heterocycles. The van der Waals surface area contributed by atoms with Crippen LogP contribution in [0.3, 0.4) is 0 Å². The Morgan fingerprint density at radius 1 is 0.903 bits per heavy atom. The molecule has 6 nitrogen and oxygen atoms in total. The van der Waals surface area contributed by atoms with Gasteiger partial charge >= 0.3 is 11.9 Å². The van der Waals surface area contributed by atoms with Crippen LogP contribution in [-0.2, 0) is 61.2 Å². The Bertz CT molecular complexity index is 580. The first-order valence-corrected chi connectivity index (χ1v) is 11.4. The summed E-state index contributed by atoms with van der Waals surface area (Å²) >= 11 is 0. The predicted octanol–water partition coefficient (Wildman–Crippen LogP) is 3.55. The van der Waals surface area contributed by atoms with Gasteiger partial charge in [-0.3, -0.25) is 16.1 Å². The van der Waals surface area contributed by atoms with Crippen LogP contribution in [0.2, 0.25) is 0 Å². The number of rotatable bonds is 7. The molecular weight excluding hydrogens is 736 g/mol. The summed E-state index contributed by atoms with van der Waals surface area (Å²) in [7, 11) is 0. The van der Waals surface area contributed by atoms with Crippen molar-refractivity contribution in [1.29, 1.82) is 0 Å². The SMILES string of the molecule is C[C@@H]1C[C@@H]2OC(=O)C[C@@H]2[C@H]1CC[CH-]NN.C[CH-]CC[C@@H]1[C@H]2CC(=O)O[C@H]2C[C@H]1C.[W].[W]. The standard InChI is InChI=1S/C12H19O2.C11H19N2O2.2W/c1-3-4-5-9-8(2)6-11-10(9)7-12(13)14-11;1-7-5-10-9(6-11(14)15-10)8(7)3-2-4-13-12;;/h3,8-11H,4-7H2,1-2H3;4,7-10,13H,2-3,5-6,12H2,1H3;;/q2*-1;;/t8-,9+,10-,11+;7-,8+,9-,10+;;/m11../s1. The number of fused-ring (bicyclic) bond motifs is 2. The number of hydrogen-bond donors (Lipinski definition) is 2. The van der Waals surface area contributed by atoms with Gasteiger partial charge in [-0.2, -0.15) is 19.8 Å². The third-order valence-corrected chi connectivity index (χ3v) is 7.65. The molecule has 0 aromatic rings. The van der Waals surface area contributed by atoms with Crippen LogP contribution >= 0.6 is 0 Å². The molecule has 8 heteroatoms. The number of hydrogen-bond acceptors (Lipinski definition) is 6. The molecule has 4 aliphatic rings. The summed E-state index contributed by atoms with van der Waals surface area (Å²) in [5, 5.41) is 0. The number of nitrogens with one attached hydrogen (secondary N) is 1. The van der Waals surface area contributed by atoms with Crippen LogP contribution in [0.5, 0.6) is 0 Å². The van der Waals surface area contributed by atoms with E-state index in [1.807, 2.05) is 6.54 Å². The van der Waals surface area contributed by atoms with Crippen molar-refractivity contribution in [3.63, 3.8) is 0 Å². The minimum atomic E-state index is -0.0113. The molecule has 31 heavy (non-hydrogen) atoms. The second-order valence-corrected chi connectivity index (χ2v) is 9.48. The number of carbonyl (C=O) groups excluding carboxylic acids is 2. The molecule has 0 aromatic heterocycles. The van der Waals surface area contributed by atoms with Crippen molar-refractivity contribution in [1.82, 2.24) is 5.43 Å². The maximum atomic E-state index is 11.2. The number of carbonyl (C=O) groups is 2. The fourth-order valence-corrected chi connectivity index (χ4v) is 6.20. The Labute approximate surface area is 216 Å². The summed E-state index contributed by atoms with van der Waals surface area (Å²) in [5.74, 6) is 8.92. The zero-order chi connectivity index (χ0) is 21.0. The largest absolute Gasteiger partial charge is 0.462 e. The number of esters is 2. The zero-order valence-corrected chi connectivity index (χ0v) is 24.8. The van der Waals surface area contributed by atoms with Gasteiger partial charge < -0.3 is 27.2 Å². The Kier molecular flexibility index (Phi) is 13.1. The fourth-order valence-electron chi connectivity index (χ4n) is 6.20. The molecule has 0 aromatic carbocycles. The van der Waals surface area contributed by atoms with Gasteiger partial charge in [0, 0.05) is 54.0 Å². The van der Waals surface area contributed by atoms with Crippen molar-refractivity contribution in [2.45, 2.75) is 84.3 Å². The van der Waals surface area contributed by atoms with E-state index >= 15 is 0 Å². The van der Waals surface area contributed by atoms with Gasteiger partial charge in [0.15, 0.2) is 0 Å². The summed E-state index contributed by atoms with van der Waals surface area (Å²) in [6, 6.07) is 0. The summed E-state index contributed by atoms with van der Waals surface area (Å²) in [4.78, 5) is 22.3. The first-order valence-electron chi connectivity index (χ1n) is 11.4. The average Bonchev–Trinajstić information content (AvgIpc) is 3.35. The number of nitrogens with two attached hydrogens (primary N) is 1. The van der Waals surface area contributed by atoms with Gasteiger partial charge in [-0.1, -0.05) is 26.7 Å². The molecule has 0 radical (unpaired) electrons. The van der Waals surface area contributed by atoms with E-state index in [0.29, 0.717) is 42.4 Å². The molecular formula is C23H38N2O4W2-2. The molecule has 178 valence electrons. The van der Waals surface area contributed by atoms with Gasteiger partial charge in [0.1, 0.15) is 12.2 Å². The van der Waals surface area contributed by atoms with Crippen molar-refractivity contribution in [2.75, 3.05) is 0 Å². The molecule has 4 rings (SSSR count). The average molecular weight is 774 g/mol. The third-order valence-electron chi connectivity index (χ3n) is 7.65. The van der Waals surface area contributed by atoms with Gasteiger partial charge in [0.05, 0.1) is 12.8 Å². The van der Waals surface area contributed by atoms with Crippen molar-refractivity contribution < 1.29 is 61.2 Å². The Morgan fingerprint density at radius 2 is 1.35 bits per heavy atom. The van der Waals surface area contributed by atoms with Gasteiger partial charge in [-0.15, -0.1) is 0 Å². The van der Waals surface area contributed by atoms with Gasteiger partial charge in [-0.25, -0.2) is 0 Å². The van der Waals surface area contributed by atoms with Crippen LogP contribution in [0.4, 0.5) is 0 Å². The van der Waals surface area contributed by atoms with E-state index in [1.165, 1.54) is 12.8 Å². The molecule has 2 aliphatic heterocycles. The van der Waals surface area contributed by atoms with Crippen LogP contribution in [0.25, 0.3) is 0 Å². The number of ether oxygens (including phenoxy) is 2. The molecule has 0 spiro atoms. The second kappa shape index (κ2) is 13.8. The molecule has 4 fully saturated rings. The third kappa shape index (κ3) is 7.36. The van der Waals surface area contributed by atoms with Crippen LogP contribution in [0, 0.1) is 48.5 Å². The normalized spacial score (nSPS) is 37.5. The van der Waals surface area contributed by atoms with E-state index in [9.17, 15) is 9.59 Å². The minimum Gasteiger partial charge on any atom is -0.462 e. The summed E-state index contributed by atoms with van der Waals surface area (Å²) in [6.07, 6.45) is 10.6. The molecule has 0 bridgehead atoms. The topological polar surface area (TPSA) is 90.6 Å². The molecule has 2 saturated carbocycles. The maximum Gasteiger partial charge on any atom is 0.306 e. The number of hydrazine groups is 1. The van der Waals surface area contributed by atoms with E-state index < -0.39 is 0 Å². The van der Waals surface area contributed by atoms with Gasteiger partial charge in [0.2, 0.25) is 0 Å². The van der Waals surface area contributed by atoms with Crippen molar-refractivity contribution in [3.8, 4) is 0 Å². The maximum absolute atomic E-state index is 11.2.